The molecule has 2 heterocycles. The highest BCUT2D eigenvalue weighted by molar-refractivity contribution is 6.03. The fourth-order valence-electron chi connectivity index (χ4n) is 5.83. The van der Waals surface area contributed by atoms with Crippen LogP contribution in [0.3, 0.4) is 0 Å². The Kier molecular flexibility index (Phi) is 7.85. The molecular formula is C33H35FN4O3. The van der Waals surface area contributed by atoms with Crippen LogP contribution < -0.4 is 10.2 Å². The lowest BCUT2D eigenvalue weighted by Gasteiger charge is -2.38. The molecule has 2 aliphatic rings. The van der Waals surface area contributed by atoms with E-state index in [0.717, 1.165) is 52.5 Å². The lowest BCUT2D eigenvalue weighted by molar-refractivity contribution is -0.136. The third-order valence-electron chi connectivity index (χ3n) is 8.00. The molecule has 1 aliphatic carbocycles. The summed E-state index contributed by atoms with van der Waals surface area (Å²) >= 11 is 0. The van der Waals surface area contributed by atoms with Gasteiger partial charge in [-0.05, 0) is 66.3 Å². The van der Waals surface area contributed by atoms with Gasteiger partial charge in [0.25, 0.3) is 0 Å². The van der Waals surface area contributed by atoms with Crippen LogP contribution in [0.4, 0.5) is 10.1 Å². The Balaban J connectivity index is 1.30. The second kappa shape index (κ2) is 11.8. The van der Waals surface area contributed by atoms with Gasteiger partial charge in [0.2, 0.25) is 11.8 Å². The third-order valence-corrected chi connectivity index (χ3v) is 8.00. The van der Waals surface area contributed by atoms with Crippen molar-refractivity contribution in [3.8, 4) is 11.1 Å². The normalized spacial score (nSPS) is 17.3. The molecule has 0 radical (unpaired) electrons. The number of aryl methyl sites for hydroxylation is 1. The van der Waals surface area contributed by atoms with Gasteiger partial charge in [-0.3, -0.25) is 14.5 Å². The maximum atomic E-state index is 14.3. The highest BCUT2D eigenvalue weighted by Gasteiger charge is 2.41. The van der Waals surface area contributed by atoms with E-state index in [4.69, 9.17) is 4.74 Å². The molecule has 7 nitrogen and oxygen atoms in total. The van der Waals surface area contributed by atoms with Crippen LogP contribution in [0.5, 0.6) is 0 Å². The molecule has 1 unspecified atom stereocenters. The number of benzene rings is 3. The second-order valence-electron chi connectivity index (χ2n) is 10.9. The maximum Gasteiger partial charge on any atom is 0.247 e. The summed E-state index contributed by atoms with van der Waals surface area (Å²) in [5.41, 5.74) is 4.56. The summed E-state index contributed by atoms with van der Waals surface area (Å²) in [6, 6.07) is 22.2. The molecule has 1 aromatic heterocycles. The van der Waals surface area contributed by atoms with Gasteiger partial charge in [0.05, 0.1) is 12.1 Å². The number of nitrogens with zero attached hydrogens (tertiary/aromatic N) is 3. The standard InChI is InChI=1S/C33H35FN4O3/c1-41-16-6-15-36-21-25(29-14-11-26(34)18-30(29)36)22-37(27-12-13-27)33(40)31-19-35-20-32(39)38(31)28-10-5-9-24(17-28)23-7-3-2-4-8-23/h2-5,7-11,14,17-18,21,27,31,35H,6,12-13,15-16,19-20,22H2,1H3. The Morgan fingerprint density at radius 1 is 1.05 bits per heavy atom. The van der Waals surface area contributed by atoms with Crippen LogP contribution >= 0.6 is 0 Å². The van der Waals surface area contributed by atoms with Gasteiger partial charge < -0.3 is 19.5 Å². The Morgan fingerprint density at radius 2 is 1.85 bits per heavy atom. The number of halogens is 1. The van der Waals surface area contributed by atoms with Crippen molar-refractivity contribution in [3.05, 3.63) is 90.4 Å². The molecule has 3 aromatic carbocycles. The van der Waals surface area contributed by atoms with Crippen molar-refractivity contribution in [2.45, 2.75) is 44.4 Å². The molecule has 2 fully saturated rings. The molecule has 0 spiro atoms. The highest BCUT2D eigenvalue weighted by Crippen LogP contribution is 2.34. The van der Waals surface area contributed by atoms with Crippen molar-refractivity contribution in [2.75, 3.05) is 31.7 Å². The van der Waals surface area contributed by atoms with Crippen molar-refractivity contribution >= 4 is 28.4 Å². The molecule has 0 bridgehead atoms. The lowest BCUT2D eigenvalue weighted by Crippen LogP contribution is -2.61. The average molecular weight is 555 g/mol. The van der Waals surface area contributed by atoms with Crippen LogP contribution in [0.25, 0.3) is 22.0 Å². The second-order valence-corrected chi connectivity index (χ2v) is 10.9. The van der Waals surface area contributed by atoms with Gasteiger partial charge in [-0.2, -0.15) is 0 Å². The maximum absolute atomic E-state index is 14.3. The molecule has 1 saturated carbocycles. The molecular weight excluding hydrogens is 519 g/mol. The van der Waals surface area contributed by atoms with Crippen LogP contribution in [0.1, 0.15) is 24.8 Å². The molecule has 1 aliphatic heterocycles. The first-order valence-corrected chi connectivity index (χ1v) is 14.3. The number of hydrogen-bond acceptors (Lipinski definition) is 4. The van der Waals surface area contributed by atoms with Gasteiger partial charge in [0.1, 0.15) is 11.9 Å². The summed E-state index contributed by atoms with van der Waals surface area (Å²) in [5, 5.41) is 4.10. The average Bonchev–Trinajstić information content (AvgIpc) is 3.79. The van der Waals surface area contributed by atoms with E-state index in [0.29, 0.717) is 26.2 Å². The number of ether oxygens (including phenoxy) is 1. The largest absolute Gasteiger partial charge is 0.385 e. The predicted octanol–water partition coefficient (Wildman–Crippen LogP) is 4.98. The van der Waals surface area contributed by atoms with E-state index in [1.807, 2.05) is 65.7 Å². The number of nitrogens with one attached hydrogen (secondary N) is 1. The minimum atomic E-state index is -0.657. The Hall–Kier alpha value is -4.01. The molecule has 1 N–H and O–H groups in total. The van der Waals surface area contributed by atoms with Gasteiger partial charge >= 0.3 is 0 Å². The van der Waals surface area contributed by atoms with Crippen LogP contribution in [0, 0.1) is 5.82 Å². The first-order valence-electron chi connectivity index (χ1n) is 14.3. The Bertz CT molecular complexity index is 1550. The van der Waals surface area contributed by atoms with Crippen molar-refractivity contribution in [2.24, 2.45) is 0 Å². The molecule has 6 rings (SSSR count). The fourth-order valence-corrected chi connectivity index (χ4v) is 5.83. The van der Waals surface area contributed by atoms with Gasteiger partial charge in [-0.25, -0.2) is 4.39 Å². The van der Waals surface area contributed by atoms with Crippen LogP contribution in [0.15, 0.2) is 79.0 Å². The molecule has 8 heteroatoms. The topological polar surface area (TPSA) is 66.8 Å². The number of methoxy groups -OCH3 is 1. The van der Waals surface area contributed by atoms with Gasteiger partial charge in [0, 0.05) is 56.7 Å². The number of anilines is 1. The molecule has 1 atom stereocenters. The lowest BCUT2D eigenvalue weighted by atomic mass is 10.0. The van der Waals surface area contributed by atoms with Crippen LogP contribution in [-0.2, 0) is 27.4 Å². The number of rotatable bonds is 10. The SMILES string of the molecule is COCCCn1cc(CN(C(=O)C2CNCC(=O)N2c2cccc(-c3ccccc3)c2)C2CC2)c2ccc(F)cc21. The predicted molar refractivity (Wildman–Crippen MR) is 158 cm³/mol. The third kappa shape index (κ3) is 5.76. The molecule has 41 heavy (non-hydrogen) atoms. The van der Waals surface area contributed by atoms with Gasteiger partial charge in [-0.1, -0.05) is 42.5 Å². The van der Waals surface area contributed by atoms with Gasteiger partial charge in [0.15, 0.2) is 0 Å². The summed E-state index contributed by atoms with van der Waals surface area (Å²) in [6.07, 6.45) is 4.71. The quantitative estimate of drug-likeness (QED) is 0.281. The monoisotopic (exact) mass is 554 g/mol. The number of fused-ring (bicyclic) bond motifs is 1. The van der Waals surface area contributed by atoms with Crippen LogP contribution in [0.2, 0.25) is 0 Å². The summed E-state index contributed by atoms with van der Waals surface area (Å²) < 4.78 is 21.5. The number of piperazine rings is 1. The summed E-state index contributed by atoms with van der Waals surface area (Å²) in [7, 11) is 1.67. The van der Waals surface area contributed by atoms with E-state index >= 15 is 0 Å². The van der Waals surface area contributed by atoms with E-state index in [2.05, 4.69) is 9.88 Å². The molecule has 212 valence electrons. The number of carbonyl (C=O) groups excluding carboxylic acids is 2. The minimum Gasteiger partial charge on any atom is -0.385 e. The van der Waals surface area contributed by atoms with Crippen molar-refractivity contribution in [1.82, 2.24) is 14.8 Å². The van der Waals surface area contributed by atoms with Crippen molar-refractivity contribution < 1.29 is 18.7 Å². The molecule has 4 aromatic rings. The number of carbonyl (C=O) groups is 2. The van der Waals surface area contributed by atoms with E-state index < -0.39 is 6.04 Å². The number of aromatic nitrogens is 1. The zero-order valence-electron chi connectivity index (χ0n) is 23.3. The first kappa shape index (κ1) is 27.2. The number of amides is 2. The van der Waals surface area contributed by atoms with Crippen molar-refractivity contribution in [3.63, 3.8) is 0 Å². The zero-order chi connectivity index (χ0) is 28.3. The van der Waals surface area contributed by atoms with Gasteiger partial charge in [-0.15, -0.1) is 0 Å². The Morgan fingerprint density at radius 3 is 2.63 bits per heavy atom. The summed E-state index contributed by atoms with van der Waals surface area (Å²) in [4.78, 5) is 31.2. The van der Waals surface area contributed by atoms with Crippen LogP contribution in [-0.4, -0.2) is 60.2 Å². The minimum absolute atomic E-state index is 0.0689. The zero-order valence-corrected chi connectivity index (χ0v) is 23.3. The fraction of sp³-hybridized carbons (Fsp3) is 0.333. The highest BCUT2D eigenvalue weighted by atomic mass is 19.1. The van der Waals surface area contributed by atoms with E-state index in [-0.39, 0.29) is 30.2 Å². The molecule has 1 saturated heterocycles. The number of hydrogen-bond donors (Lipinski definition) is 1. The first-order chi connectivity index (χ1) is 20.0. The summed E-state index contributed by atoms with van der Waals surface area (Å²) in [5.74, 6) is -0.480. The van der Waals surface area contributed by atoms with E-state index in [9.17, 15) is 14.0 Å². The smallest absolute Gasteiger partial charge is 0.247 e. The summed E-state index contributed by atoms with van der Waals surface area (Å²) in [6.45, 7) is 2.28. The Labute approximate surface area is 239 Å². The van der Waals surface area contributed by atoms with E-state index in [1.54, 1.807) is 24.1 Å². The van der Waals surface area contributed by atoms with E-state index in [1.165, 1.54) is 6.07 Å². The van der Waals surface area contributed by atoms with Crippen molar-refractivity contribution in [1.29, 1.82) is 0 Å². The molecule has 2 amide bonds.